The van der Waals surface area contributed by atoms with Crippen molar-refractivity contribution in [3.05, 3.63) is 0 Å². The van der Waals surface area contributed by atoms with Crippen LogP contribution in [0.15, 0.2) is 0 Å². The highest BCUT2D eigenvalue weighted by atomic mass is 28.3. The molecule has 0 aliphatic carbocycles. The third-order valence-electron chi connectivity index (χ3n) is 1.46. The summed E-state index contributed by atoms with van der Waals surface area (Å²) >= 11 is 0. The molecule has 0 spiro atoms. The Balaban J connectivity index is 3.32. The molecule has 0 aliphatic heterocycles. The van der Waals surface area contributed by atoms with Crippen molar-refractivity contribution in [3.8, 4) is 0 Å². The Bertz CT molecular complexity index is 123. The highest BCUT2D eigenvalue weighted by molar-refractivity contribution is 6.87. The van der Waals surface area contributed by atoms with Gasteiger partial charge in [0.1, 0.15) is 0 Å². The lowest BCUT2D eigenvalue weighted by Crippen LogP contribution is -2.33. The number of hydrogen-bond donors (Lipinski definition) is 1. The lowest BCUT2D eigenvalue weighted by Gasteiger charge is -2.07. The highest BCUT2D eigenvalue weighted by Crippen LogP contribution is 1.96. The van der Waals surface area contributed by atoms with E-state index in [1.807, 2.05) is 13.1 Å². The van der Waals surface area contributed by atoms with E-state index in [1.165, 1.54) is 0 Å². The second-order valence-electron chi connectivity index (χ2n) is 3.44. The molecule has 0 saturated heterocycles. The summed E-state index contributed by atoms with van der Waals surface area (Å²) in [5.41, 5.74) is 0.260. The molecule has 0 unspecified atom stereocenters. The fourth-order valence-corrected chi connectivity index (χ4v) is 1.13. The SMILES string of the molecule is CC(C)CCNC(=O)[Si](C)C. The summed E-state index contributed by atoms with van der Waals surface area (Å²) in [5.74, 6) is 0.680. The Morgan fingerprint density at radius 3 is 2.36 bits per heavy atom. The maximum absolute atomic E-state index is 11.1. The topological polar surface area (TPSA) is 29.1 Å². The van der Waals surface area contributed by atoms with Gasteiger partial charge in [-0.3, -0.25) is 4.79 Å². The summed E-state index contributed by atoms with van der Waals surface area (Å²) < 4.78 is 0. The number of nitrogens with one attached hydrogen (secondary N) is 1. The Kier molecular flexibility index (Phi) is 5.20. The molecule has 0 aromatic heterocycles. The predicted octanol–water partition coefficient (Wildman–Crippen LogP) is 2.08. The standard InChI is InChI=1S/C8H18NOSi/c1-7(2)5-6-9-8(10)11(3)4/h7H,5-6H2,1-4H3,(H,9,10). The molecule has 0 bridgehead atoms. The highest BCUT2D eigenvalue weighted by Gasteiger charge is 2.07. The predicted molar refractivity (Wildman–Crippen MR) is 50.3 cm³/mol. The van der Waals surface area contributed by atoms with Crippen molar-refractivity contribution in [1.82, 2.24) is 5.32 Å². The van der Waals surface area contributed by atoms with Crippen molar-refractivity contribution in [2.75, 3.05) is 6.54 Å². The summed E-state index contributed by atoms with van der Waals surface area (Å²) in [6, 6.07) is 0. The van der Waals surface area contributed by atoms with Gasteiger partial charge in [-0.1, -0.05) is 26.9 Å². The first kappa shape index (κ1) is 10.7. The van der Waals surface area contributed by atoms with Gasteiger partial charge in [0.05, 0.1) is 0 Å². The molecule has 65 valence electrons. The van der Waals surface area contributed by atoms with E-state index in [2.05, 4.69) is 19.2 Å². The van der Waals surface area contributed by atoms with Crippen LogP contribution in [0.4, 0.5) is 4.79 Å². The van der Waals surface area contributed by atoms with Crippen molar-refractivity contribution in [1.29, 1.82) is 0 Å². The molecule has 0 aliphatic rings. The van der Waals surface area contributed by atoms with E-state index >= 15 is 0 Å². The zero-order chi connectivity index (χ0) is 8.85. The minimum atomic E-state index is -0.760. The lowest BCUT2D eigenvalue weighted by atomic mass is 10.1. The van der Waals surface area contributed by atoms with Crippen LogP contribution in [0.5, 0.6) is 0 Å². The van der Waals surface area contributed by atoms with Crippen LogP contribution in [0.25, 0.3) is 0 Å². The second-order valence-corrected chi connectivity index (χ2v) is 5.89. The molecular formula is C8H18NOSi. The fraction of sp³-hybridized carbons (Fsp3) is 0.875. The van der Waals surface area contributed by atoms with Gasteiger partial charge in [-0.2, -0.15) is 0 Å². The molecular weight excluding hydrogens is 154 g/mol. The Morgan fingerprint density at radius 2 is 2.00 bits per heavy atom. The third-order valence-corrected chi connectivity index (χ3v) is 2.55. The van der Waals surface area contributed by atoms with Crippen LogP contribution in [0.2, 0.25) is 13.1 Å². The van der Waals surface area contributed by atoms with Gasteiger partial charge in [-0.05, 0) is 12.3 Å². The molecule has 1 radical (unpaired) electrons. The van der Waals surface area contributed by atoms with Crippen molar-refractivity contribution < 1.29 is 4.79 Å². The first-order valence-corrected chi connectivity index (χ1v) is 6.62. The van der Waals surface area contributed by atoms with Crippen molar-refractivity contribution in [2.24, 2.45) is 5.92 Å². The normalized spacial score (nSPS) is 10.7. The number of carbonyl (C=O) groups is 1. The van der Waals surface area contributed by atoms with Gasteiger partial charge >= 0.3 is 0 Å². The average molecular weight is 172 g/mol. The maximum atomic E-state index is 11.1. The van der Waals surface area contributed by atoms with Crippen molar-refractivity contribution in [3.63, 3.8) is 0 Å². The van der Waals surface area contributed by atoms with E-state index in [0.29, 0.717) is 5.92 Å². The minimum Gasteiger partial charge on any atom is -0.361 e. The first-order chi connectivity index (χ1) is 5.04. The van der Waals surface area contributed by atoms with Gasteiger partial charge in [0, 0.05) is 6.54 Å². The summed E-state index contributed by atoms with van der Waals surface area (Å²) in [6.07, 6.45) is 1.08. The number of rotatable bonds is 4. The van der Waals surface area contributed by atoms with Gasteiger partial charge in [-0.25, -0.2) is 0 Å². The molecule has 0 heterocycles. The summed E-state index contributed by atoms with van der Waals surface area (Å²) in [5, 5.41) is 2.92. The molecule has 1 N–H and O–H groups in total. The van der Waals surface area contributed by atoms with Crippen LogP contribution in [-0.2, 0) is 0 Å². The molecule has 3 heteroatoms. The van der Waals surface area contributed by atoms with E-state index in [0.717, 1.165) is 13.0 Å². The van der Waals surface area contributed by atoms with Gasteiger partial charge in [0.25, 0.3) is 0 Å². The van der Waals surface area contributed by atoms with E-state index in [1.54, 1.807) is 0 Å². The minimum absolute atomic E-state index is 0.260. The molecule has 0 aromatic rings. The Labute approximate surface area is 71.0 Å². The van der Waals surface area contributed by atoms with Crippen LogP contribution >= 0.6 is 0 Å². The molecule has 0 saturated carbocycles. The average Bonchev–Trinajstić information content (AvgIpc) is 1.86. The largest absolute Gasteiger partial charge is 0.361 e. The smallest absolute Gasteiger partial charge is 0.189 e. The molecule has 0 fully saturated rings. The number of carbonyl (C=O) groups excluding carboxylic acids is 1. The Hall–Kier alpha value is -0.313. The fourth-order valence-electron chi connectivity index (χ4n) is 0.651. The van der Waals surface area contributed by atoms with Crippen molar-refractivity contribution >= 4 is 14.3 Å². The van der Waals surface area contributed by atoms with E-state index in [4.69, 9.17) is 0 Å². The van der Waals surface area contributed by atoms with E-state index in [-0.39, 0.29) is 5.53 Å². The summed E-state index contributed by atoms with van der Waals surface area (Å²) in [7, 11) is -0.760. The molecule has 2 nitrogen and oxygen atoms in total. The molecule has 1 amide bonds. The summed E-state index contributed by atoms with van der Waals surface area (Å²) in [6.45, 7) is 9.18. The quantitative estimate of drug-likeness (QED) is 0.646. The lowest BCUT2D eigenvalue weighted by molar-refractivity contribution is 0.258. The van der Waals surface area contributed by atoms with Crippen LogP contribution < -0.4 is 5.32 Å². The van der Waals surface area contributed by atoms with Gasteiger partial charge < -0.3 is 5.32 Å². The first-order valence-electron chi connectivity index (χ1n) is 4.12. The maximum Gasteiger partial charge on any atom is 0.189 e. The third kappa shape index (κ3) is 6.10. The van der Waals surface area contributed by atoms with Crippen LogP contribution in [0, 0.1) is 5.92 Å². The van der Waals surface area contributed by atoms with Gasteiger partial charge in [0.2, 0.25) is 0 Å². The zero-order valence-electron chi connectivity index (χ0n) is 7.90. The number of hydrogen-bond acceptors (Lipinski definition) is 1. The molecule has 0 atom stereocenters. The molecule has 11 heavy (non-hydrogen) atoms. The molecule has 0 aromatic carbocycles. The van der Waals surface area contributed by atoms with E-state index in [9.17, 15) is 4.79 Å². The summed E-state index contributed by atoms with van der Waals surface area (Å²) in [4.78, 5) is 11.1. The van der Waals surface area contributed by atoms with Crippen LogP contribution in [0.3, 0.4) is 0 Å². The number of amides is 1. The monoisotopic (exact) mass is 172 g/mol. The zero-order valence-corrected chi connectivity index (χ0v) is 8.90. The Morgan fingerprint density at radius 1 is 1.45 bits per heavy atom. The van der Waals surface area contributed by atoms with Gasteiger partial charge in [-0.15, -0.1) is 0 Å². The second kappa shape index (κ2) is 5.35. The van der Waals surface area contributed by atoms with Crippen LogP contribution in [0.1, 0.15) is 20.3 Å². The molecule has 0 rings (SSSR count). The van der Waals surface area contributed by atoms with Gasteiger partial charge in [0.15, 0.2) is 14.3 Å². The van der Waals surface area contributed by atoms with Crippen LogP contribution in [-0.4, -0.2) is 20.9 Å². The van der Waals surface area contributed by atoms with E-state index < -0.39 is 8.80 Å². The van der Waals surface area contributed by atoms with Crippen molar-refractivity contribution in [2.45, 2.75) is 33.4 Å².